The Hall–Kier alpha value is -3.97. The number of thiazole rings is 2. The van der Waals surface area contributed by atoms with Crippen molar-refractivity contribution < 1.29 is 40.7 Å². The second kappa shape index (κ2) is 15.1. The van der Waals surface area contributed by atoms with Gasteiger partial charge in [0.1, 0.15) is 22.3 Å². The molecule has 4 heterocycles. The molecule has 3 aromatic rings. The highest BCUT2D eigenvalue weighted by atomic mass is 32.2. The normalized spacial score (nSPS) is 27.4. The Balaban J connectivity index is 1.19. The quantitative estimate of drug-likeness (QED) is 0.253. The summed E-state index contributed by atoms with van der Waals surface area (Å²) in [7, 11) is -2.29. The number of sulfonamides is 1. The van der Waals surface area contributed by atoms with Gasteiger partial charge in [0, 0.05) is 42.3 Å². The van der Waals surface area contributed by atoms with Crippen LogP contribution in [0.25, 0.3) is 21.5 Å². The lowest BCUT2D eigenvalue weighted by Gasteiger charge is -2.37. The molecule has 0 bridgehead atoms. The van der Waals surface area contributed by atoms with Crippen molar-refractivity contribution in [2.45, 2.75) is 107 Å². The van der Waals surface area contributed by atoms with Gasteiger partial charge < -0.3 is 15.0 Å². The fourth-order valence-corrected chi connectivity index (χ4v) is 10.2. The van der Waals surface area contributed by atoms with Gasteiger partial charge in [0.2, 0.25) is 27.7 Å². The number of hydrogen-bond acceptors (Lipinski definition) is 12. The molecule has 2 N–H and O–H groups in total. The zero-order chi connectivity index (χ0) is 40.2. The summed E-state index contributed by atoms with van der Waals surface area (Å²) in [5, 5.41) is 6.11. The maximum Gasteiger partial charge on any atom is 0.434 e. The van der Waals surface area contributed by atoms with Crippen LogP contribution >= 0.6 is 22.7 Å². The van der Waals surface area contributed by atoms with E-state index in [9.17, 15) is 36.0 Å². The molecular formula is C37H44F3N7O6S3. The molecule has 3 saturated carbocycles. The molecule has 19 heteroatoms. The molecule has 0 saturated heterocycles. The van der Waals surface area contributed by atoms with Gasteiger partial charge in [0.05, 0.1) is 16.4 Å². The molecule has 302 valence electrons. The van der Waals surface area contributed by atoms with E-state index < -0.39 is 67.9 Å². The van der Waals surface area contributed by atoms with Crippen LogP contribution in [0, 0.1) is 17.8 Å². The summed E-state index contributed by atoms with van der Waals surface area (Å²) < 4.78 is 74.3. The Morgan fingerprint density at radius 1 is 1.05 bits per heavy atom. The number of ether oxygens (including phenoxy) is 1. The van der Waals surface area contributed by atoms with E-state index in [1.807, 2.05) is 31.4 Å². The van der Waals surface area contributed by atoms with Gasteiger partial charge in [-0.1, -0.05) is 26.0 Å². The molecule has 3 aliphatic carbocycles. The van der Waals surface area contributed by atoms with Crippen molar-refractivity contribution >= 4 is 50.4 Å². The lowest BCUT2D eigenvalue weighted by Crippen LogP contribution is -2.56. The van der Waals surface area contributed by atoms with Gasteiger partial charge in [0.25, 0.3) is 5.91 Å². The summed E-state index contributed by atoms with van der Waals surface area (Å²) in [6.45, 7) is 6.04. The molecule has 1 aliphatic heterocycles. The molecule has 4 aliphatic rings. The lowest BCUT2D eigenvalue weighted by atomic mass is 9.76. The number of carbonyl (C=O) groups is 3. The zero-order valence-electron chi connectivity index (χ0n) is 31.4. The Bertz CT molecular complexity index is 2150. The maximum absolute atomic E-state index is 14.4. The van der Waals surface area contributed by atoms with Crippen LogP contribution in [-0.4, -0.2) is 81.0 Å². The van der Waals surface area contributed by atoms with E-state index >= 15 is 0 Å². The Morgan fingerprint density at radius 3 is 2.48 bits per heavy atom. The molecule has 0 aromatic carbocycles. The predicted molar refractivity (Wildman–Crippen MR) is 203 cm³/mol. The largest absolute Gasteiger partial charge is 0.474 e. The maximum atomic E-state index is 14.4. The summed E-state index contributed by atoms with van der Waals surface area (Å²) >= 11 is 2.06. The molecule has 56 heavy (non-hydrogen) atoms. The number of fused-ring (bicyclic) bond motifs is 2. The lowest BCUT2D eigenvalue weighted by molar-refractivity contribution is -0.145. The minimum absolute atomic E-state index is 0.0327. The van der Waals surface area contributed by atoms with Crippen molar-refractivity contribution in [3.05, 3.63) is 40.4 Å². The number of allylic oxidation sites excluding steroid dienone is 1. The third-order valence-electron chi connectivity index (χ3n) is 11.2. The number of rotatable bonds is 8. The topological polar surface area (TPSA) is 173 Å². The van der Waals surface area contributed by atoms with E-state index in [-0.39, 0.29) is 47.8 Å². The first-order chi connectivity index (χ1) is 26.4. The van der Waals surface area contributed by atoms with Crippen LogP contribution in [0.5, 0.6) is 5.88 Å². The van der Waals surface area contributed by atoms with Gasteiger partial charge in [-0.3, -0.25) is 19.1 Å². The van der Waals surface area contributed by atoms with Gasteiger partial charge in [-0.2, -0.15) is 18.2 Å². The van der Waals surface area contributed by atoms with Crippen molar-refractivity contribution in [1.29, 1.82) is 0 Å². The molecular weight excluding hydrogens is 792 g/mol. The van der Waals surface area contributed by atoms with E-state index in [2.05, 4.69) is 30.0 Å². The molecule has 3 fully saturated rings. The predicted octanol–water partition coefficient (Wildman–Crippen LogP) is 6.10. The number of aromatic nitrogens is 4. The number of halogens is 3. The van der Waals surface area contributed by atoms with Crippen molar-refractivity contribution in [2.24, 2.45) is 17.8 Å². The van der Waals surface area contributed by atoms with Crippen molar-refractivity contribution in [2.75, 3.05) is 13.6 Å². The van der Waals surface area contributed by atoms with E-state index in [4.69, 9.17) is 4.74 Å². The number of nitrogens with one attached hydrogen (secondary N) is 2. The van der Waals surface area contributed by atoms with Gasteiger partial charge >= 0.3 is 6.18 Å². The average Bonchev–Trinajstić information content (AvgIpc) is 3.86. The SMILES string of the molecule is CC(C)c1csc(-c2cc(O[C@H]3CC[C@H]4C(=O)N(C)CCCC/C=C\[C@@H]5C[C@@]5(C(=O)NS(=O)(=O)C5(C)CC5)NC(=O)[C@@H]4C3)nc(-c3nc(C(F)(F)F)cs3)n2)n1. The first-order valence-electron chi connectivity index (χ1n) is 18.7. The number of alkyl halides is 3. The highest BCUT2D eigenvalue weighted by Gasteiger charge is 2.63. The molecule has 7 rings (SSSR count). The summed E-state index contributed by atoms with van der Waals surface area (Å²) in [4.78, 5) is 61.1. The Labute approximate surface area is 331 Å². The summed E-state index contributed by atoms with van der Waals surface area (Å²) in [6.07, 6.45) is 2.38. The third-order valence-corrected chi connectivity index (χ3v) is 15.1. The fourth-order valence-electron chi connectivity index (χ4n) is 7.20. The van der Waals surface area contributed by atoms with E-state index in [1.165, 1.54) is 11.3 Å². The molecule has 13 nitrogen and oxygen atoms in total. The van der Waals surface area contributed by atoms with Crippen LogP contribution in [-0.2, 0) is 30.6 Å². The Kier molecular flexibility index (Phi) is 10.8. The summed E-state index contributed by atoms with van der Waals surface area (Å²) in [5.41, 5.74) is -1.45. The molecule has 0 spiro atoms. The van der Waals surface area contributed by atoms with E-state index in [0.717, 1.165) is 35.3 Å². The monoisotopic (exact) mass is 835 g/mol. The first kappa shape index (κ1) is 40.2. The molecule has 5 atom stereocenters. The Morgan fingerprint density at radius 2 is 1.80 bits per heavy atom. The van der Waals surface area contributed by atoms with Gasteiger partial charge in [-0.05, 0) is 70.6 Å². The second-order valence-corrected chi connectivity index (χ2v) is 19.7. The first-order valence-corrected chi connectivity index (χ1v) is 22.0. The standard InChI is InChI=1S/C37H44F3N7O6S3/c1-20(2)26-18-54-31(42-26)25-16-28(44-29(41-25)32-43-27(19-55-32)37(38,39)40)53-22-10-11-23-24(15-22)30(48)45-36(34(50)46-56(51,52)35(3)12-13-35)17-21(36)9-7-5-6-8-14-47(4)33(23)49/h7,9,16,18-24H,5-6,8,10-15,17H2,1-4H3,(H,45,48)(H,46,50)/b9-7-/t21-,22+,23-,24-,36-/m1/s1. The molecule has 0 radical (unpaired) electrons. The van der Waals surface area contributed by atoms with Crippen molar-refractivity contribution in [3.8, 4) is 27.4 Å². The minimum atomic E-state index is -4.66. The summed E-state index contributed by atoms with van der Waals surface area (Å²) in [6, 6.07) is 1.55. The zero-order valence-corrected chi connectivity index (χ0v) is 33.8. The van der Waals surface area contributed by atoms with E-state index in [0.29, 0.717) is 42.9 Å². The third kappa shape index (κ3) is 8.21. The van der Waals surface area contributed by atoms with Crippen LogP contribution in [0.1, 0.15) is 95.9 Å². The smallest absolute Gasteiger partial charge is 0.434 e. The van der Waals surface area contributed by atoms with Crippen molar-refractivity contribution in [1.82, 2.24) is 34.9 Å². The molecule has 0 unspecified atom stereocenters. The highest BCUT2D eigenvalue weighted by Crippen LogP contribution is 2.48. The molecule has 3 amide bonds. The van der Waals surface area contributed by atoms with Gasteiger partial charge in [-0.15, -0.1) is 22.7 Å². The number of nitrogens with zero attached hydrogens (tertiary/aromatic N) is 5. The van der Waals surface area contributed by atoms with Crippen molar-refractivity contribution in [3.63, 3.8) is 0 Å². The van der Waals surface area contributed by atoms with Gasteiger partial charge in [-0.25, -0.2) is 23.4 Å². The number of hydrogen-bond donors (Lipinski definition) is 2. The second-order valence-electron chi connectivity index (χ2n) is 15.8. The van der Waals surface area contributed by atoms with Crippen LogP contribution in [0.2, 0.25) is 0 Å². The average molecular weight is 836 g/mol. The minimum Gasteiger partial charge on any atom is -0.474 e. The molecule has 3 aromatic heterocycles. The van der Waals surface area contributed by atoms with Gasteiger partial charge in [0.15, 0.2) is 16.5 Å². The highest BCUT2D eigenvalue weighted by molar-refractivity contribution is 7.91. The number of amides is 3. The van der Waals surface area contributed by atoms with E-state index in [1.54, 1.807) is 24.9 Å². The van der Waals surface area contributed by atoms with Crippen LogP contribution in [0.15, 0.2) is 29.0 Å². The van der Waals surface area contributed by atoms with Crippen LogP contribution in [0.3, 0.4) is 0 Å². The van der Waals surface area contributed by atoms with Crippen LogP contribution in [0.4, 0.5) is 13.2 Å². The fraction of sp³-hybridized carbons (Fsp3) is 0.595. The van der Waals surface area contributed by atoms with Crippen LogP contribution < -0.4 is 14.8 Å². The number of carbonyl (C=O) groups excluding carboxylic acids is 3. The summed E-state index contributed by atoms with van der Waals surface area (Å²) in [5.74, 6) is -3.67.